The molecule has 0 fully saturated rings. The van der Waals surface area contributed by atoms with Crippen LogP contribution in [0.1, 0.15) is 6.92 Å². The smallest absolute Gasteiger partial charge is 0.319 e. The molecule has 4 heteroatoms. The maximum atomic E-state index is 11.2. The molecule has 0 saturated carbocycles. The predicted octanol–water partition coefficient (Wildman–Crippen LogP) is 1.40. The van der Waals surface area contributed by atoms with Gasteiger partial charge in [-0.05, 0) is 19.1 Å². The van der Waals surface area contributed by atoms with E-state index >= 15 is 0 Å². The van der Waals surface area contributed by atoms with E-state index in [4.69, 9.17) is 0 Å². The molecular formula is C10H12N2O2. The Morgan fingerprint density at radius 2 is 2.00 bits per heavy atom. The van der Waals surface area contributed by atoms with Crippen molar-refractivity contribution in [2.24, 2.45) is 0 Å². The molecule has 4 nitrogen and oxygen atoms in total. The van der Waals surface area contributed by atoms with Crippen molar-refractivity contribution in [2.75, 3.05) is 5.32 Å². The molecule has 0 heterocycles. The molecule has 0 aromatic heterocycles. The number of anilines is 1. The van der Waals surface area contributed by atoms with Gasteiger partial charge >= 0.3 is 6.03 Å². The van der Waals surface area contributed by atoms with Gasteiger partial charge in [-0.25, -0.2) is 4.79 Å². The maximum absolute atomic E-state index is 11.2. The zero-order valence-electron chi connectivity index (χ0n) is 7.86. The summed E-state index contributed by atoms with van der Waals surface area (Å²) in [5.74, 6) is 0. The molecular weight excluding hydrogens is 180 g/mol. The van der Waals surface area contributed by atoms with Gasteiger partial charge in [-0.3, -0.25) is 0 Å². The SMILES string of the molecule is C[C@@H](C=O)NC(=O)Nc1ccccc1. The van der Waals surface area contributed by atoms with E-state index in [-0.39, 0.29) is 6.03 Å². The Bertz CT molecular complexity index is 311. The van der Waals surface area contributed by atoms with Crippen LogP contribution in [0.15, 0.2) is 30.3 Å². The van der Waals surface area contributed by atoms with Gasteiger partial charge in [-0.1, -0.05) is 18.2 Å². The molecule has 0 aliphatic heterocycles. The first-order chi connectivity index (χ1) is 6.72. The third kappa shape index (κ3) is 3.26. The van der Waals surface area contributed by atoms with E-state index in [2.05, 4.69) is 10.6 Å². The van der Waals surface area contributed by atoms with Gasteiger partial charge in [0.05, 0.1) is 6.04 Å². The lowest BCUT2D eigenvalue weighted by Gasteiger charge is -2.08. The van der Waals surface area contributed by atoms with E-state index in [1.807, 2.05) is 18.2 Å². The van der Waals surface area contributed by atoms with E-state index in [0.29, 0.717) is 12.0 Å². The fourth-order valence-electron chi connectivity index (χ4n) is 0.929. The van der Waals surface area contributed by atoms with Crippen molar-refractivity contribution in [1.82, 2.24) is 5.32 Å². The van der Waals surface area contributed by atoms with E-state index in [0.717, 1.165) is 0 Å². The molecule has 0 aliphatic rings. The van der Waals surface area contributed by atoms with E-state index in [1.165, 1.54) is 0 Å². The first-order valence-corrected chi connectivity index (χ1v) is 4.30. The molecule has 2 N–H and O–H groups in total. The number of rotatable bonds is 3. The number of nitrogens with one attached hydrogen (secondary N) is 2. The quantitative estimate of drug-likeness (QED) is 0.711. The first kappa shape index (κ1) is 10.2. The fourth-order valence-corrected chi connectivity index (χ4v) is 0.929. The lowest BCUT2D eigenvalue weighted by molar-refractivity contribution is -0.109. The number of aldehydes is 1. The topological polar surface area (TPSA) is 58.2 Å². The minimum atomic E-state index is -0.473. The van der Waals surface area contributed by atoms with E-state index in [9.17, 15) is 9.59 Å². The summed E-state index contributed by atoms with van der Waals surface area (Å²) in [4.78, 5) is 21.5. The highest BCUT2D eigenvalue weighted by atomic mass is 16.2. The van der Waals surface area contributed by atoms with Gasteiger partial charge in [0.15, 0.2) is 0 Å². The minimum absolute atomic E-state index is 0.379. The largest absolute Gasteiger partial charge is 0.329 e. The first-order valence-electron chi connectivity index (χ1n) is 4.30. The molecule has 1 aromatic carbocycles. The molecule has 0 bridgehead atoms. The summed E-state index contributed by atoms with van der Waals surface area (Å²) in [6.45, 7) is 1.61. The minimum Gasteiger partial charge on any atom is -0.329 e. The number of carbonyl (C=O) groups excluding carboxylic acids is 2. The third-order valence-corrected chi connectivity index (χ3v) is 1.59. The average molecular weight is 192 g/mol. The summed E-state index contributed by atoms with van der Waals surface area (Å²) in [6, 6.07) is 8.18. The molecule has 1 atom stereocenters. The number of hydrogen-bond acceptors (Lipinski definition) is 2. The van der Waals surface area contributed by atoms with E-state index in [1.54, 1.807) is 19.1 Å². The Morgan fingerprint density at radius 1 is 1.36 bits per heavy atom. The number of amides is 2. The van der Waals surface area contributed by atoms with Crippen LogP contribution in [0.25, 0.3) is 0 Å². The van der Waals surface area contributed by atoms with Crippen LogP contribution in [0.3, 0.4) is 0 Å². The highest BCUT2D eigenvalue weighted by molar-refractivity contribution is 5.90. The van der Waals surface area contributed by atoms with Crippen molar-refractivity contribution in [2.45, 2.75) is 13.0 Å². The van der Waals surface area contributed by atoms with Crippen LogP contribution in [-0.2, 0) is 4.79 Å². The molecule has 0 aliphatic carbocycles. The molecule has 2 amide bonds. The van der Waals surface area contributed by atoms with Crippen molar-refractivity contribution in [3.05, 3.63) is 30.3 Å². The molecule has 1 aromatic rings. The highest BCUT2D eigenvalue weighted by Crippen LogP contribution is 2.03. The summed E-state index contributed by atoms with van der Waals surface area (Å²) < 4.78 is 0. The number of hydrogen-bond donors (Lipinski definition) is 2. The third-order valence-electron chi connectivity index (χ3n) is 1.59. The van der Waals surface area contributed by atoms with Crippen molar-refractivity contribution < 1.29 is 9.59 Å². The van der Waals surface area contributed by atoms with Crippen LogP contribution in [0, 0.1) is 0 Å². The van der Waals surface area contributed by atoms with Gasteiger partial charge in [-0.15, -0.1) is 0 Å². The predicted molar refractivity (Wildman–Crippen MR) is 54.1 cm³/mol. The van der Waals surface area contributed by atoms with Crippen LogP contribution < -0.4 is 10.6 Å². The summed E-state index contributed by atoms with van der Waals surface area (Å²) in [5, 5.41) is 5.06. The average Bonchev–Trinajstić information content (AvgIpc) is 2.19. The van der Waals surface area contributed by atoms with Crippen molar-refractivity contribution in [1.29, 1.82) is 0 Å². The second-order valence-corrected chi connectivity index (χ2v) is 2.89. The van der Waals surface area contributed by atoms with Gasteiger partial charge in [-0.2, -0.15) is 0 Å². The van der Waals surface area contributed by atoms with Crippen molar-refractivity contribution in [3.63, 3.8) is 0 Å². The highest BCUT2D eigenvalue weighted by Gasteiger charge is 2.04. The van der Waals surface area contributed by atoms with Gasteiger partial charge in [0, 0.05) is 5.69 Å². The number of carbonyl (C=O) groups is 2. The van der Waals surface area contributed by atoms with Gasteiger partial charge < -0.3 is 15.4 Å². The van der Waals surface area contributed by atoms with E-state index < -0.39 is 6.04 Å². The number of benzene rings is 1. The number of urea groups is 1. The van der Waals surface area contributed by atoms with Gasteiger partial charge in [0.1, 0.15) is 6.29 Å². The molecule has 14 heavy (non-hydrogen) atoms. The Morgan fingerprint density at radius 3 is 2.57 bits per heavy atom. The standard InChI is InChI=1S/C10H12N2O2/c1-8(7-13)11-10(14)12-9-5-3-2-4-6-9/h2-8H,1H3,(H2,11,12,14)/t8-/m0/s1. The maximum Gasteiger partial charge on any atom is 0.319 e. The Labute approximate surface area is 82.3 Å². The van der Waals surface area contributed by atoms with Crippen LogP contribution >= 0.6 is 0 Å². The second kappa shape index (κ2) is 5.01. The second-order valence-electron chi connectivity index (χ2n) is 2.89. The zero-order chi connectivity index (χ0) is 10.4. The summed E-state index contributed by atoms with van der Waals surface area (Å²) >= 11 is 0. The monoisotopic (exact) mass is 192 g/mol. The molecule has 0 unspecified atom stereocenters. The van der Waals surface area contributed by atoms with Gasteiger partial charge in [0.2, 0.25) is 0 Å². The lowest BCUT2D eigenvalue weighted by Crippen LogP contribution is -2.36. The normalized spacial score (nSPS) is 11.5. The molecule has 1 rings (SSSR count). The molecule has 74 valence electrons. The molecule has 0 radical (unpaired) electrons. The Kier molecular flexibility index (Phi) is 3.67. The van der Waals surface area contributed by atoms with Crippen LogP contribution in [0.2, 0.25) is 0 Å². The fraction of sp³-hybridized carbons (Fsp3) is 0.200. The summed E-state index contributed by atoms with van der Waals surface area (Å²) in [6.07, 6.45) is 0.671. The van der Waals surface area contributed by atoms with Gasteiger partial charge in [0.25, 0.3) is 0 Å². The Hall–Kier alpha value is -1.84. The van der Waals surface area contributed by atoms with Crippen LogP contribution in [0.5, 0.6) is 0 Å². The van der Waals surface area contributed by atoms with Crippen molar-refractivity contribution >= 4 is 18.0 Å². The number of para-hydroxylation sites is 1. The van der Waals surface area contributed by atoms with Crippen molar-refractivity contribution in [3.8, 4) is 0 Å². The summed E-state index contributed by atoms with van der Waals surface area (Å²) in [7, 11) is 0. The molecule has 0 saturated heterocycles. The van der Waals surface area contributed by atoms with Crippen LogP contribution in [-0.4, -0.2) is 18.4 Å². The zero-order valence-corrected chi connectivity index (χ0v) is 7.86. The molecule has 0 spiro atoms. The lowest BCUT2D eigenvalue weighted by atomic mass is 10.3. The van der Waals surface area contributed by atoms with Crippen LogP contribution in [0.4, 0.5) is 10.5 Å². The Balaban J connectivity index is 2.46. The summed E-state index contributed by atoms with van der Waals surface area (Å²) in [5.41, 5.74) is 0.697.